The Bertz CT molecular complexity index is 196. The highest BCUT2D eigenvalue weighted by Crippen LogP contribution is 1.97. The van der Waals surface area contributed by atoms with Crippen LogP contribution in [0.4, 0.5) is 0 Å². The minimum absolute atomic E-state index is 0.181. The third-order valence-electron chi connectivity index (χ3n) is 1.92. The Labute approximate surface area is 86.4 Å². The van der Waals surface area contributed by atoms with E-state index in [9.17, 15) is 4.79 Å². The second kappa shape index (κ2) is 8.58. The molecule has 0 bridgehead atoms. The smallest absolute Gasteiger partial charge is 0.319 e. The van der Waals surface area contributed by atoms with Crippen molar-refractivity contribution in [1.29, 1.82) is 0 Å². The first-order valence-corrected chi connectivity index (χ1v) is 4.97. The lowest BCUT2D eigenvalue weighted by Gasteiger charge is -2.19. The topological polar surface area (TPSA) is 29.5 Å². The van der Waals surface area contributed by atoms with E-state index in [0.717, 1.165) is 32.4 Å². The van der Waals surface area contributed by atoms with Gasteiger partial charge in [0.25, 0.3) is 0 Å². The summed E-state index contributed by atoms with van der Waals surface area (Å²) in [6, 6.07) is 0. The molecule has 0 unspecified atom stereocenters. The summed E-state index contributed by atoms with van der Waals surface area (Å²) in [5.74, 6) is 2.41. The number of rotatable bonds is 7. The van der Waals surface area contributed by atoms with Gasteiger partial charge in [0, 0.05) is 6.42 Å². The van der Waals surface area contributed by atoms with Gasteiger partial charge in [-0.05, 0) is 25.9 Å². The Morgan fingerprint density at radius 1 is 1.50 bits per heavy atom. The van der Waals surface area contributed by atoms with Gasteiger partial charge in [-0.2, -0.15) is 0 Å². The molecule has 0 saturated carbocycles. The fourth-order valence-corrected chi connectivity index (χ4v) is 1.24. The van der Waals surface area contributed by atoms with E-state index in [0.29, 0.717) is 6.54 Å². The average molecular weight is 197 g/mol. The predicted molar refractivity (Wildman–Crippen MR) is 56.8 cm³/mol. The van der Waals surface area contributed by atoms with Gasteiger partial charge in [-0.3, -0.25) is 9.69 Å². The molecule has 0 saturated heterocycles. The number of terminal acetylenes is 1. The van der Waals surface area contributed by atoms with E-state index in [1.807, 2.05) is 0 Å². The zero-order chi connectivity index (χ0) is 10.8. The molecule has 0 N–H and O–H groups in total. The van der Waals surface area contributed by atoms with Crippen molar-refractivity contribution in [2.75, 3.05) is 26.7 Å². The number of ether oxygens (including phenoxy) is 1. The fraction of sp³-hybridized carbons (Fsp3) is 0.727. The highest BCUT2D eigenvalue weighted by atomic mass is 16.5. The number of esters is 1. The van der Waals surface area contributed by atoms with Crippen molar-refractivity contribution < 1.29 is 9.53 Å². The molecule has 0 aromatic rings. The molecular weight excluding hydrogens is 178 g/mol. The minimum atomic E-state index is -0.181. The molecular formula is C11H19NO2. The van der Waals surface area contributed by atoms with Crippen LogP contribution in [0, 0.1) is 12.3 Å². The zero-order valence-corrected chi connectivity index (χ0v) is 9.08. The number of nitrogens with zero attached hydrogens (tertiary/aromatic N) is 1. The van der Waals surface area contributed by atoms with Crippen LogP contribution in [0.15, 0.2) is 0 Å². The largest absolute Gasteiger partial charge is 0.468 e. The van der Waals surface area contributed by atoms with Gasteiger partial charge in [0.05, 0.1) is 13.7 Å². The van der Waals surface area contributed by atoms with Gasteiger partial charge in [-0.15, -0.1) is 12.3 Å². The van der Waals surface area contributed by atoms with E-state index in [4.69, 9.17) is 6.42 Å². The number of hydrogen-bond acceptors (Lipinski definition) is 3. The molecule has 0 aliphatic carbocycles. The van der Waals surface area contributed by atoms with Crippen molar-refractivity contribution >= 4 is 5.97 Å². The van der Waals surface area contributed by atoms with Gasteiger partial charge in [0.15, 0.2) is 0 Å². The number of hydrogen-bond donors (Lipinski definition) is 0. The summed E-state index contributed by atoms with van der Waals surface area (Å²) in [4.78, 5) is 13.1. The molecule has 0 radical (unpaired) electrons. The maximum Gasteiger partial charge on any atom is 0.319 e. The van der Waals surface area contributed by atoms with Crippen molar-refractivity contribution in [1.82, 2.24) is 4.90 Å². The molecule has 0 aliphatic rings. The second-order valence-corrected chi connectivity index (χ2v) is 3.16. The van der Waals surface area contributed by atoms with Crippen molar-refractivity contribution in [3.8, 4) is 12.3 Å². The standard InChI is InChI=1S/C11H19NO2/c1-4-6-7-9-12(8-5-2)10-11(13)14-3/h1H,5-10H2,2-3H3. The Morgan fingerprint density at radius 3 is 2.71 bits per heavy atom. The van der Waals surface area contributed by atoms with Crippen LogP contribution in [0.25, 0.3) is 0 Å². The quantitative estimate of drug-likeness (QED) is 0.350. The lowest BCUT2D eigenvalue weighted by atomic mass is 10.3. The summed E-state index contributed by atoms with van der Waals surface area (Å²) >= 11 is 0. The maximum atomic E-state index is 11.0. The van der Waals surface area contributed by atoms with E-state index in [-0.39, 0.29) is 5.97 Å². The van der Waals surface area contributed by atoms with E-state index in [1.54, 1.807) is 0 Å². The molecule has 0 heterocycles. The third kappa shape index (κ3) is 6.50. The fourth-order valence-electron chi connectivity index (χ4n) is 1.24. The predicted octanol–water partition coefficient (Wildman–Crippen LogP) is 1.28. The van der Waals surface area contributed by atoms with E-state index < -0.39 is 0 Å². The van der Waals surface area contributed by atoms with Gasteiger partial charge < -0.3 is 4.74 Å². The number of methoxy groups -OCH3 is 1. The second-order valence-electron chi connectivity index (χ2n) is 3.16. The Morgan fingerprint density at radius 2 is 2.21 bits per heavy atom. The minimum Gasteiger partial charge on any atom is -0.468 e. The van der Waals surface area contributed by atoms with Crippen molar-refractivity contribution in [2.24, 2.45) is 0 Å². The van der Waals surface area contributed by atoms with E-state index in [2.05, 4.69) is 22.5 Å². The summed E-state index contributed by atoms with van der Waals surface area (Å²) < 4.78 is 4.61. The van der Waals surface area contributed by atoms with Crippen LogP contribution in [0.5, 0.6) is 0 Å². The molecule has 0 aromatic carbocycles. The summed E-state index contributed by atoms with van der Waals surface area (Å²) in [5, 5.41) is 0. The first kappa shape index (κ1) is 13.0. The number of carbonyl (C=O) groups is 1. The molecule has 3 heteroatoms. The molecule has 0 fully saturated rings. The first-order chi connectivity index (χ1) is 6.74. The van der Waals surface area contributed by atoms with Crippen LogP contribution in [0.2, 0.25) is 0 Å². The number of unbranched alkanes of at least 4 members (excludes halogenated alkanes) is 1. The Balaban J connectivity index is 3.77. The van der Waals surface area contributed by atoms with Crippen LogP contribution in [0.3, 0.4) is 0 Å². The lowest BCUT2D eigenvalue weighted by Crippen LogP contribution is -2.32. The Kier molecular flexibility index (Phi) is 7.96. The van der Waals surface area contributed by atoms with E-state index >= 15 is 0 Å². The van der Waals surface area contributed by atoms with Crippen LogP contribution < -0.4 is 0 Å². The van der Waals surface area contributed by atoms with Gasteiger partial charge in [-0.25, -0.2) is 0 Å². The summed E-state index contributed by atoms with van der Waals surface area (Å²) in [6.07, 6.45) is 7.89. The first-order valence-electron chi connectivity index (χ1n) is 4.97. The monoisotopic (exact) mass is 197 g/mol. The van der Waals surface area contributed by atoms with Crippen LogP contribution in [-0.2, 0) is 9.53 Å². The van der Waals surface area contributed by atoms with Gasteiger partial charge >= 0.3 is 5.97 Å². The third-order valence-corrected chi connectivity index (χ3v) is 1.92. The van der Waals surface area contributed by atoms with Crippen LogP contribution in [-0.4, -0.2) is 37.6 Å². The molecule has 0 aromatic heterocycles. The number of carbonyl (C=O) groups excluding carboxylic acids is 1. The van der Waals surface area contributed by atoms with Crippen molar-refractivity contribution in [3.63, 3.8) is 0 Å². The van der Waals surface area contributed by atoms with Crippen molar-refractivity contribution in [2.45, 2.75) is 26.2 Å². The molecule has 0 rings (SSSR count). The van der Waals surface area contributed by atoms with E-state index in [1.165, 1.54) is 7.11 Å². The molecule has 0 spiro atoms. The van der Waals surface area contributed by atoms with Gasteiger partial charge in [0.2, 0.25) is 0 Å². The van der Waals surface area contributed by atoms with Crippen molar-refractivity contribution in [3.05, 3.63) is 0 Å². The highest BCUT2D eigenvalue weighted by molar-refractivity contribution is 5.71. The van der Waals surface area contributed by atoms with Gasteiger partial charge in [0.1, 0.15) is 0 Å². The molecule has 80 valence electrons. The normalized spacial score (nSPS) is 9.86. The maximum absolute atomic E-state index is 11.0. The molecule has 14 heavy (non-hydrogen) atoms. The molecule has 3 nitrogen and oxygen atoms in total. The molecule has 0 atom stereocenters. The van der Waals surface area contributed by atoms with Gasteiger partial charge in [-0.1, -0.05) is 6.92 Å². The SMILES string of the molecule is C#CCCCN(CCC)CC(=O)OC. The summed E-state index contributed by atoms with van der Waals surface area (Å²) in [6.45, 7) is 4.24. The lowest BCUT2D eigenvalue weighted by molar-refractivity contribution is -0.141. The molecule has 0 aliphatic heterocycles. The Hall–Kier alpha value is -1.01. The van der Waals surface area contributed by atoms with Crippen LogP contribution >= 0.6 is 0 Å². The summed E-state index contributed by atoms with van der Waals surface area (Å²) in [7, 11) is 1.41. The average Bonchev–Trinajstić information content (AvgIpc) is 2.18. The van der Waals surface area contributed by atoms with Crippen LogP contribution in [0.1, 0.15) is 26.2 Å². The highest BCUT2D eigenvalue weighted by Gasteiger charge is 2.08. The molecule has 0 amide bonds. The zero-order valence-electron chi connectivity index (χ0n) is 9.08. The summed E-state index contributed by atoms with van der Waals surface area (Å²) in [5.41, 5.74) is 0.